The van der Waals surface area contributed by atoms with Gasteiger partial charge in [-0.05, 0) is 12.1 Å². The van der Waals surface area contributed by atoms with Gasteiger partial charge in [0.2, 0.25) is 0 Å². The van der Waals surface area contributed by atoms with E-state index < -0.39 is 6.10 Å². The molecule has 0 atom stereocenters. The van der Waals surface area contributed by atoms with Crippen LogP contribution in [0.1, 0.15) is 16.1 Å². The number of hydrogen-bond acceptors (Lipinski definition) is 4. The number of aliphatic hydroxyl groups is 1. The van der Waals surface area contributed by atoms with Gasteiger partial charge in [-0.15, -0.1) is 0 Å². The highest BCUT2D eigenvalue weighted by atomic mass is 16.3. The van der Waals surface area contributed by atoms with Crippen molar-refractivity contribution in [1.29, 1.82) is 5.26 Å². The molecule has 2 rings (SSSR count). The average Bonchev–Trinajstić information content (AvgIpc) is 2.24. The molecule has 0 bridgehead atoms. The third-order valence-corrected chi connectivity index (χ3v) is 2.26. The fourth-order valence-corrected chi connectivity index (χ4v) is 1.40. The van der Waals surface area contributed by atoms with Gasteiger partial charge in [0.05, 0.1) is 17.7 Å². The summed E-state index contributed by atoms with van der Waals surface area (Å²) in [4.78, 5) is 17.1. The van der Waals surface area contributed by atoms with Crippen molar-refractivity contribution in [2.45, 2.75) is 6.10 Å². The normalized spacial score (nSPS) is 15.6. The number of pyridine rings is 1. The zero-order chi connectivity index (χ0) is 10.8. The van der Waals surface area contributed by atoms with Crippen molar-refractivity contribution in [1.82, 2.24) is 9.88 Å². The van der Waals surface area contributed by atoms with Crippen molar-refractivity contribution < 1.29 is 9.90 Å². The first-order valence-corrected chi connectivity index (χ1v) is 4.54. The largest absolute Gasteiger partial charge is 0.389 e. The van der Waals surface area contributed by atoms with Crippen LogP contribution in [0.3, 0.4) is 0 Å². The Morgan fingerprint density at radius 2 is 2.40 bits per heavy atom. The summed E-state index contributed by atoms with van der Waals surface area (Å²) in [6.07, 6.45) is 1.01. The molecule has 0 spiro atoms. The van der Waals surface area contributed by atoms with Gasteiger partial charge in [-0.1, -0.05) is 0 Å². The number of rotatable bonds is 1. The third kappa shape index (κ3) is 1.80. The average molecular weight is 203 g/mol. The SMILES string of the molecule is N#Cc1ccnc(C(=O)N2CC(O)C2)c1. The minimum atomic E-state index is -0.423. The van der Waals surface area contributed by atoms with Gasteiger partial charge < -0.3 is 10.0 Å². The first-order valence-electron chi connectivity index (χ1n) is 4.54. The van der Waals surface area contributed by atoms with E-state index in [0.717, 1.165) is 0 Å². The maximum atomic E-state index is 11.7. The summed E-state index contributed by atoms with van der Waals surface area (Å²) < 4.78 is 0. The van der Waals surface area contributed by atoms with Gasteiger partial charge in [-0.3, -0.25) is 9.78 Å². The molecule has 15 heavy (non-hydrogen) atoms. The molecule has 1 aliphatic rings. The number of likely N-dealkylation sites (tertiary alicyclic amines) is 1. The molecule has 5 heteroatoms. The second-order valence-electron chi connectivity index (χ2n) is 3.41. The van der Waals surface area contributed by atoms with Crippen LogP contribution in [0.5, 0.6) is 0 Å². The highest BCUT2D eigenvalue weighted by Crippen LogP contribution is 2.12. The quantitative estimate of drug-likeness (QED) is 0.684. The van der Waals surface area contributed by atoms with Crippen LogP contribution in [0, 0.1) is 11.3 Å². The van der Waals surface area contributed by atoms with Gasteiger partial charge in [-0.2, -0.15) is 5.26 Å². The van der Waals surface area contributed by atoms with Crippen LogP contribution in [-0.4, -0.2) is 40.1 Å². The van der Waals surface area contributed by atoms with E-state index in [1.165, 1.54) is 17.2 Å². The lowest BCUT2D eigenvalue weighted by Crippen LogP contribution is -2.53. The smallest absolute Gasteiger partial charge is 0.272 e. The van der Waals surface area contributed by atoms with E-state index in [0.29, 0.717) is 18.7 Å². The summed E-state index contributed by atoms with van der Waals surface area (Å²) in [5.41, 5.74) is 0.662. The molecule has 76 valence electrons. The molecule has 5 nitrogen and oxygen atoms in total. The number of carbonyl (C=O) groups is 1. The number of carbonyl (C=O) groups excluding carboxylic acids is 1. The lowest BCUT2D eigenvalue weighted by atomic mass is 10.1. The van der Waals surface area contributed by atoms with Crippen molar-refractivity contribution >= 4 is 5.91 Å². The molecule has 1 aromatic rings. The fraction of sp³-hybridized carbons (Fsp3) is 0.300. The van der Waals surface area contributed by atoms with Crippen molar-refractivity contribution in [3.63, 3.8) is 0 Å². The van der Waals surface area contributed by atoms with Crippen LogP contribution in [-0.2, 0) is 0 Å². The minimum Gasteiger partial charge on any atom is -0.389 e. The Kier molecular flexibility index (Phi) is 2.35. The Balaban J connectivity index is 2.16. The van der Waals surface area contributed by atoms with Crippen molar-refractivity contribution in [2.24, 2.45) is 0 Å². The number of nitrogens with zero attached hydrogens (tertiary/aromatic N) is 3. The van der Waals surface area contributed by atoms with Crippen LogP contribution in [0.25, 0.3) is 0 Å². The second kappa shape index (κ2) is 3.67. The van der Waals surface area contributed by atoms with E-state index in [1.54, 1.807) is 6.07 Å². The van der Waals surface area contributed by atoms with Gasteiger partial charge in [-0.25, -0.2) is 0 Å². The fourth-order valence-electron chi connectivity index (χ4n) is 1.40. The zero-order valence-corrected chi connectivity index (χ0v) is 7.92. The molecule has 0 aromatic carbocycles. The Hall–Kier alpha value is -1.93. The molecule has 1 aromatic heterocycles. The van der Waals surface area contributed by atoms with Gasteiger partial charge in [0.15, 0.2) is 0 Å². The minimum absolute atomic E-state index is 0.239. The maximum Gasteiger partial charge on any atom is 0.272 e. The Morgan fingerprint density at radius 3 is 3.00 bits per heavy atom. The number of hydrogen-bond donors (Lipinski definition) is 1. The van der Waals surface area contributed by atoms with E-state index in [-0.39, 0.29) is 11.6 Å². The molecule has 1 amide bonds. The molecular weight excluding hydrogens is 194 g/mol. The van der Waals surface area contributed by atoms with E-state index in [2.05, 4.69) is 4.98 Å². The summed E-state index contributed by atoms with van der Waals surface area (Å²) in [5, 5.41) is 17.7. The molecule has 1 saturated heterocycles. The van der Waals surface area contributed by atoms with Crippen molar-refractivity contribution in [3.05, 3.63) is 29.6 Å². The molecule has 1 aliphatic heterocycles. The topological polar surface area (TPSA) is 77.2 Å². The van der Waals surface area contributed by atoms with Crippen LogP contribution in [0.2, 0.25) is 0 Å². The Morgan fingerprint density at radius 1 is 1.67 bits per heavy atom. The monoisotopic (exact) mass is 203 g/mol. The van der Waals surface area contributed by atoms with Gasteiger partial charge in [0.1, 0.15) is 5.69 Å². The van der Waals surface area contributed by atoms with E-state index in [9.17, 15) is 4.79 Å². The van der Waals surface area contributed by atoms with Crippen LogP contribution in [0.15, 0.2) is 18.3 Å². The number of β-amino-alcohol motifs (C(OH)–C–C–N with tert-alkyl or cyclic N) is 1. The summed E-state index contributed by atoms with van der Waals surface area (Å²) in [6.45, 7) is 0.689. The summed E-state index contributed by atoms with van der Waals surface area (Å²) in [7, 11) is 0. The molecule has 0 aliphatic carbocycles. The molecule has 0 radical (unpaired) electrons. The lowest BCUT2D eigenvalue weighted by molar-refractivity contribution is 0.00550. The number of aliphatic hydroxyl groups excluding tert-OH is 1. The van der Waals surface area contributed by atoms with Crippen LogP contribution in [0.4, 0.5) is 0 Å². The van der Waals surface area contributed by atoms with Crippen LogP contribution < -0.4 is 0 Å². The molecule has 0 unspecified atom stereocenters. The van der Waals surface area contributed by atoms with E-state index >= 15 is 0 Å². The molecule has 2 heterocycles. The molecular formula is C10H9N3O2. The summed E-state index contributed by atoms with van der Waals surface area (Å²) >= 11 is 0. The molecule has 0 saturated carbocycles. The predicted octanol–water partition coefficient (Wildman–Crippen LogP) is -0.230. The van der Waals surface area contributed by atoms with Crippen LogP contribution >= 0.6 is 0 Å². The van der Waals surface area contributed by atoms with Crippen molar-refractivity contribution in [3.8, 4) is 6.07 Å². The first-order chi connectivity index (χ1) is 7.20. The highest BCUT2D eigenvalue weighted by molar-refractivity contribution is 5.93. The zero-order valence-electron chi connectivity index (χ0n) is 7.92. The predicted molar refractivity (Wildman–Crippen MR) is 50.9 cm³/mol. The van der Waals surface area contributed by atoms with Gasteiger partial charge in [0, 0.05) is 19.3 Å². The van der Waals surface area contributed by atoms with Gasteiger partial charge >= 0.3 is 0 Å². The summed E-state index contributed by atoms with van der Waals surface area (Å²) in [5.74, 6) is -0.239. The molecule has 1 N–H and O–H groups in total. The Bertz CT molecular complexity index is 433. The first kappa shape index (κ1) is 9.62. The maximum absolute atomic E-state index is 11.7. The Labute approximate surface area is 86.6 Å². The third-order valence-electron chi connectivity index (χ3n) is 2.26. The van der Waals surface area contributed by atoms with Crippen molar-refractivity contribution in [2.75, 3.05) is 13.1 Å². The number of amides is 1. The molecule has 1 fully saturated rings. The van der Waals surface area contributed by atoms with E-state index in [4.69, 9.17) is 10.4 Å². The standard InChI is InChI=1S/C10H9N3O2/c11-4-7-1-2-12-9(3-7)10(15)13-5-8(14)6-13/h1-3,8,14H,5-6H2. The van der Waals surface area contributed by atoms with Gasteiger partial charge in [0.25, 0.3) is 5.91 Å². The van der Waals surface area contributed by atoms with E-state index in [1.807, 2.05) is 6.07 Å². The number of nitriles is 1. The highest BCUT2D eigenvalue weighted by Gasteiger charge is 2.30. The number of aromatic nitrogens is 1. The second-order valence-corrected chi connectivity index (χ2v) is 3.41. The lowest BCUT2D eigenvalue weighted by Gasteiger charge is -2.35. The summed E-state index contributed by atoms with van der Waals surface area (Å²) in [6, 6.07) is 4.94.